The van der Waals surface area contributed by atoms with E-state index in [2.05, 4.69) is 12.1 Å². The average Bonchev–Trinajstić information content (AvgIpc) is 3.18. The molecule has 3 aromatic rings. The number of hydrogen-bond acceptors (Lipinski definition) is 2. The minimum atomic E-state index is -0.0170. The van der Waals surface area contributed by atoms with Gasteiger partial charge in [-0.3, -0.25) is 9.59 Å². The Kier molecular flexibility index (Phi) is 4.47. The van der Waals surface area contributed by atoms with Crippen molar-refractivity contribution >= 4 is 23.6 Å². The molecule has 0 saturated carbocycles. The van der Waals surface area contributed by atoms with E-state index in [-0.39, 0.29) is 17.7 Å². The highest BCUT2D eigenvalue weighted by Gasteiger charge is 2.37. The number of nitrogens with zero attached hydrogens (tertiary/aromatic N) is 2. The molecule has 1 atom stereocenters. The lowest BCUT2D eigenvalue weighted by Gasteiger charge is -2.27. The SMILES string of the molecule is CN(C(=O)c1ccccc1)C1=Cc2cccc3c2[C@H](C1)CN3C(=O)c1ccccc1. The van der Waals surface area contributed by atoms with Crippen LogP contribution >= 0.6 is 0 Å². The molecule has 0 fully saturated rings. The second-order valence-electron chi connectivity index (χ2n) is 7.83. The van der Waals surface area contributed by atoms with Gasteiger partial charge >= 0.3 is 0 Å². The van der Waals surface area contributed by atoms with E-state index >= 15 is 0 Å². The molecule has 1 aliphatic carbocycles. The smallest absolute Gasteiger partial charge is 0.258 e. The highest BCUT2D eigenvalue weighted by atomic mass is 16.2. The highest BCUT2D eigenvalue weighted by Crippen LogP contribution is 2.46. The molecule has 0 unspecified atom stereocenters. The Balaban J connectivity index is 1.46. The average molecular weight is 394 g/mol. The van der Waals surface area contributed by atoms with Crippen molar-refractivity contribution in [3.05, 3.63) is 107 Å². The summed E-state index contributed by atoms with van der Waals surface area (Å²) in [5.74, 6) is 0.195. The molecule has 4 heteroatoms. The van der Waals surface area contributed by atoms with Crippen molar-refractivity contribution in [2.45, 2.75) is 12.3 Å². The largest absolute Gasteiger partial charge is 0.315 e. The summed E-state index contributed by atoms with van der Waals surface area (Å²) >= 11 is 0. The number of carbonyl (C=O) groups is 2. The van der Waals surface area contributed by atoms with E-state index in [0.717, 1.165) is 23.4 Å². The number of anilines is 1. The molecular weight excluding hydrogens is 372 g/mol. The van der Waals surface area contributed by atoms with Crippen LogP contribution < -0.4 is 4.90 Å². The number of hydrogen-bond donors (Lipinski definition) is 0. The Morgan fingerprint density at radius 3 is 2.23 bits per heavy atom. The van der Waals surface area contributed by atoms with Crippen molar-refractivity contribution in [1.29, 1.82) is 0 Å². The Morgan fingerprint density at radius 1 is 0.867 bits per heavy atom. The van der Waals surface area contributed by atoms with Gasteiger partial charge in [0.2, 0.25) is 0 Å². The van der Waals surface area contributed by atoms with Gasteiger partial charge in [0.25, 0.3) is 11.8 Å². The fourth-order valence-electron chi connectivity index (χ4n) is 4.51. The Morgan fingerprint density at radius 2 is 1.53 bits per heavy atom. The van der Waals surface area contributed by atoms with Gasteiger partial charge in [-0.15, -0.1) is 0 Å². The first kappa shape index (κ1) is 18.4. The van der Waals surface area contributed by atoms with Crippen molar-refractivity contribution in [2.24, 2.45) is 0 Å². The van der Waals surface area contributed by atoms with Crippen LogP contribution in [0, 0.1) is 0 Å². The van der Waals surface area contributed by atoms with Gasteiger partial charge < -0.3 is 9.80 Å². The van der Waals surface area contributed by atoms with Crippen LogP contribution in [0.25, 0.3) is 6.08 Å². The third-order valence-corrected chi connectivity index (χ3v) is 6.02. The normalized spacial score (nSPS) is 16.6. The van der Waals surface area contributed by atoms with E-state index in [4.69, 9.17) is 0 Å². The number of benzene rings is 3. The molecule has 3 aromatic carbocycles. The molecule has 0 spiro atoms. The summed E-state index contributed by atoms with van der Waals surface area (Å²) in [7, 11) is 1.83. The highest BCUT2D eigenvalue weighted by molar-refractivity contribution is 6.08. The van der Waals surface area contributed by atoms with Gasteiger partial charge in [0.05, 0.1) is 0 Å². The maximum atomic E-state index is 13.2. The monoisotopic (exact) mass is 394 g/mol. The number of rotatable bonds is 3. The molecule has 5 rings (SSSR count). The van der Waals surface area contributed by atoms with Crippen molar-refractivity contribution in [3.8, 4) is 0 Å². The lowest BCUT2D eigenvalue weighted by Crippen LogP contribution is -2.31. The van der Waals surface area contributed by atoms with Crippen LogP contribution in [-0.2, 0) is 0 Å². The minimum Gasteiger partial charge on any atom is -0.315 e. The van der Waals surface area contributed by atoms with Gasteiger partial charge in [-0.1, -0.05) is 48.5 Å². The first-order valence-electron chi connectivity index (χ1n) is 10.2. The molecule has 0 radical (unpaired) electrons. The Bertz CT molecular complexity index is 1150. The van der Waals surface area contributed by atoms with Crippen molar-refractivity contribution in [3.63, 3.8) is 0 Å². The molecule has 0 aromatic heterocycles. The Hall–Kier alpha value is -3.66. The molecule has 1 heterocycles. The molecule has 4 nitrogen and oxygen atoms in total. The van der Waals surface area contributed by atoms with E-state index in [9.17, 15) is 9.59 Å². The van der Waals surface area contributed by atoms with Crippen LogP contribution in [0.5, 0.6) is 0 Å². The molecule has 30 heavy (non-hydrogen) atoms. The standard InChI is InChI=1S/C26H22N2O2/c1-27(25(29)18-9-4-2-5-10-18)22-15-20-13-8-14-23-24(20)21(16-22)17-28(23)26(30)19-11-6-3-7-12-19/h2-15,21H,16-17H2,1H3/t21-/m1/s1. The van der Waals surface area contributed by atoms with Gasteiger partial charge in [0.15, 0.2) is 0 Å². The van der Waals surface area contributed by atoms with Crippen LogP contribution in [-0.4, -0.2) is 30.3 Å². The van der Waals surface area contributed by atoms with E-state index in [0.29, 0.717) is 17.7 Å². The number of carbonyl (C=O) groups excluding carboxylic acids is 2. The predicted octanol–water partition coefficient (Wildman–Crippen LogP) is 4.95. The summed E-state index contributed by atoms with van der Waals surface area (Å²) in [6.07, 6.45) is 2.82. The van der Waals surface area contributed by atoms with Crippen LogP contribution in [0.1, 0.15) is 44.2 Å². The van der Waals surface area contributed by atoms with Crippen LogP contribution in [0.2, 0.25) is 0 Å². The second kappa shape index (κ2) is 7.30. The van der Waals surface area contributed by atoms with E-state index in [1.54, 1.807) is 4.90 Å². The zero-order chi connectivity index (χ0) is 20.7. The Labute approximate surface area is 176 Å². The summed E-state index contributed by atoms with van der Waals surface area (Å²) in [5.41, 5.74) is 5.64. The lowest BCUT2D eigenvalue weighted by molar-refractivity contribution is 0.0831. The molecule has 0 saturated heterocycles. The van der Waals surface area contributed by atoms with Crippen LogP contribution in [0.4, 0.5) is 5.69 Å². The molecule has 0 N–H and O–H groups in total. The quantitative estimate of drug-likeness (QED) is 0.631. The van der Waals surface area contributed by atoms with Crippen molar-refractivity contribution < 1.29 is 9.59 Å². The van der Waals surface area contributed by atoms with Gasteiger partial charge in [-0.05, 0) is 54.0 Å². The van der Waals surface area contributed by atoms with E-state index in [1.165, 1.54) is 5.56 Å². The van der Waals surface area contributed by atoms with Gasteiger partial charge in [-0.2, -0.15) is 0 Å². The van der Waals surface area contributed by atoms with Crippen molar-refractivity contribution in [1.82, 2.24) is 4.90 Å². The fourth-order valence-corrected chi connectivity index (χ4v) is 4.51. The second-order valence-corrected chi connectivity index (χ2v) is 7.83. The molecular formula is C26H22N2O2. The first-order valence-corrected chi connectivity index (χ1v) is 10.2. The molecule has 0 bridgehead atoms. The lowest BCUT2D eigenvalue weighted by atomic mass is 9.86. The van der Waals surface area contributed by atoms with Crippen LogP contribution in [0.3, 0.4) is 0 Å². The third kappa shape index (κ3) is 3.01. The van der Waals surface area contributed by atoms with Gasteiger partial charge in [-0.25, -0.2) is 0 Å². The maximum Gasteiger partial charge on any atom is 0.258 e. The zero-order valence-electron chi connectivity index (χ0n) is 16.8. The summed E-state index contributed by atoms with van der Waals surface area (Å²) in [5, 5.41) is 0. The summed E-state index contributed by atoms with van der Waals surface area (Å²) in [6.45, 7) is 0.630. The van der Waals surface area contributed by atoms with Gasteiger partial charge in [0, 0.05) is 42.0 Å². The predicted molar refractivity (Wildman–Crippen MR) is 118 cm³/mol. The zero-order valence-corrected chi connectivity index (χ0v) is 16.8. The summed E-state index contributed by atoms with van der Waals surface area (Å²) in [4.78, 5) is 29.7. The number of allylic oxidation sites excluding steroid dienone is 1. The van der Waals surface area contributed by atoms with Crippen LogP contribution in [0.15, 0.2) is 84.6 Å². The maximum absolute atomic E-state index is 13.2. The fraction of sp³-hybridized carbons (Fsp3) is 0.154. The summed E-state index contributed by atoms with van der Waals surface area (Å²) in [6, 6.07) is 24.8. The van der Waals surface area contributed by atoms with E-state index in [1.807, 2.05) is 84.7 Å². The number of amides is 2. The summed E-state index contributed by atoms with van der Waals surface area (Å²) < 4.78 is 0. The molecule has 2 amide bonds. The van der Waals surface area contributed by atoms with Crippen molar-refractivity contribution in [2.75, 3.05) is 18.5 Å². The topological polar surface area (TPSA) is 40.6 Å². The molecule has 1 aliphatic heterocycles. The third-order valence-electron chi connectivity index (χ3n) is 6.02. The minimum absolute atomic E-state index is 0.0170. The molecule has 2 aliphatic rings. The van der Waals surface area contributed by atoms with Gasteiger partial charge in [0.1, 0.15) is 0 Å². The first-order chi connectivity index (χ1) is 14.6. The molecule has 148 valence electrons. The van der Waals surface area contributed by atoms with E-state index < -0.39 is 0 Å².